The first-order chi connectivity index (χ1) is 8.24. The highest BCUT2D eigenvalue weighted by Gasteiger charge is 2.18. The number of nitrogens with zero attached hydrogens (tertiary/aromatic N) is 1. The van der Waals surface area contributed by atoms with Crippen LogP contribution in [0.3, 0.4) is 0 Å². The van der Waals surface area contributed by atoms with Crippen LogP contribution in [0.15, 0.2) is 34.0 Å². The summed E-state index contributed by atoms with van der Waals surface area (Å²) in [7, 11) is 0. The molecule has 1 saturated heterocycles. The third-order valence-corrected chi connectivity index (χ3v) is 3.22. The molecular weight excluding hydrogens is 218 g/mol. The molecule has 17 heavy (non-hydrogen) atoms. The van der Waals surface area contributed by atoms with Crippen molar-refractivity contribution in [1.82, 2.24) is 14.7 Å². The second-order valence-corrected chi connectivity index (χ2v) is 4.37. The summed E-state index contributed by atoms with van der Waals surface area (Å²) in [6.45, 7) is 1.85. The van der Waals surface area contributed by atoms with Crippen molar-refractivity contribution >= 4 is 5.65 Å². The number of nitrogens with one attached hydrogen (secondary N) is 2. The van der Waals surface area contributed by atoms with Gasteiger partial charge in [0.15, 0.2) is 5.43 Å². The summed E-state index contributed by atoms with van der Waals surface area (Å²) in [5, 5.41) is 3.26. The van der Waals surface area contributed by atoms with Crippen LogP contribution in [-0.2, 0) is 0 Å². The number of pyridine rings is 1. The second kappa shape index (κ2) is 3.85. The molecule has 0 aliphatic carbocycles. The summed E-state index contributed by atoms with van der Waals surface area (Å²) in [4.78, 5) is 26.3. The van der Waals surface area contributed by atoms with Crippen molar-refractivity contribution in [2.75, 3.05) is 13.1 Å². The van der Waals surface area contributed by atoms with E-state index in [1.165, 1.54) is 22.7 Å². The number of hydrogen-bond donors (Lipinski definition) is 2. The van der Waals surface area contributed by atoms with E-state index in [1.54, 1.807) is 6.07 Å². The molecule has 1 atom stereocenters. The minimum absolute atomic E-state index is 0.0950. The Morgan fingerprint density at radius 1 is 1.29 bits per heavy atom. The van der Waals surface area contributed by atoms with Crippen molar-refractivity contribution < 1.29 is 0 Å². The predicted octanol–water partition coefficient (Wildman–Crippen LogP) is 0.0647. The molecule has 0 saturated carbocycles. The van der Waals surface area contributed by atoms with Crippen LogP contribution in [0.2, 0.25) is 0 Å². The lowest BCUT2D eigenvalue weighted by molar-refractivity contribution is 0.730. The molecule has 3 heterocycles. The van der Waals surface area contributed by atoms with E-state index < -0.39 is 0 Å². The molecule has 2 aromatic heterocycles. The Labute approximate surface area is 97.1 Å². The highest BCUT2D eigenvalue weighted by molar-refractivity contribution is 5.38. The van der Waals surface area contributed by atoms with Gasteiger partial charge in [-0.05, 0) is 13.0 Å². The van der Waals surface area contributed by atoms with Gasteiger partial charge in [0.1, 0.15) is 5.65 Å². The Hall–Kier alpha value is -1.88. The molecule has 0 amide bonds. The fourth-order valence-corrected chi connectivity index (χ4v) is 2.30. The van der Waals surface area contributed by atoms with E-state index in [1.807, 2.05) is 0 Å². The van der Waals surface area contributed by atoms with E-state index in [2.05, 4.69) is 10.3 Å². The second-order valence-electron chi connectivity index (χ2n) is 4.37. The number of fused-ring (bicyclic) bond motifs is 1. The summed E-state index contributed by atoms with van der Waals surface area (Å²) in [6.07, 6.45) is 2.52. The van der Waals surface area contributed by atoms with Crippen LogP contribution in [-0.4, -0.2) is 22.5 Å². The van der Waals surface area contributed by atoms with Crippen molar-refractivity contribution in [3.63, 3.8) is 0 Å². The van der Waals surface area contributed by atoms with Gasteiger partial charge in [-0.3, -0.25) is 14.0 Å². The van der Waals surface area contributed by atoms with Crippen molar-refractivity contribution in [2.45, 2.75) is 12.3 Å². The van der Waals surface area contributed by atoms with Crippen molar-refractivity contribution in [1.29, 1.82) is 0 Å². The zero-order chi connectivity index (χ0) is 11.8. The maximum Gasteiger partial charge on any atom is 0.257 e. The molecule has 1 aliphatic heterocycles. The fourth-order valence-electron chi connectivity index (χ4n) is 2.30. The van der Waals surface area contributed by atoms with Gasteiger partial charge in [0.25, 0.3) is 5.56 Å². The predicted molar refractivity (Wildman–Crippen MR) is 64.5 cm³/mol. The van der Waals surface area contributed by atoms with Crippen molar-refractivity contribution in [2.24, 2.45) is 0 Å². The molecule has 0 aromatic carbocycles. The number of rotatable bonds is 1. The lowest BCUT2D eigenvalue weighted by atomic mass is 10.1. The summed E-state index contributed by atoms with van der Waals surface area (Å²) >= 11 is 0. The third kappa shape index (κ3) is 1.78. The quantitative estimate of drug-likeness (QED) is 0.729. The minimum atomic E-state index is -0.0966. The van der Waals surface area contributed by atoms with E-state index in [-0.39, 0.29) is 11.0 Å². The van der Waals surface area contributed by atoms with Gasteiger partial charge in [0.2, 0.25) is 0 Å². The minimum Gasteiger partial charge on any atom is -0.344 e. The zero-order valence-corrected chi connectivity index (χ0v) is 9.27. The van der Waals surface area contributed by atoms with Crippen LogP contribution < -0.4 is 16.3 Å². The molecule has 5 heteroatoms. The molecule has 1 fully saturated rings. The van der Waals surface area contributed by atoms with Gasteiger partial charge in [0, 0.05) is 42.6 Å². The van der Waals surface area contributed by atoms with Gasteiger partial charge in [0.05, 0.1) is 0 Å². The van der Waals surface area contributed by atoms with E-state index in [0.717, 1.165) is 25.2 Å². The molecule has 0 bridgehead atoms. The molecule has 5 nitrogen and oxygen atoms in total. The molecule has 2 N–H and O–H groups in total. The van der Waals surface area contributed by atoms with E-state index in [9.17, 15) is 9.59 Å². The van der Waals surface area contributed by atoms with Gasteiger partial charge in [-0.15, -0.1) is 0 Å². The zero-order valence-electron chi connectivity index (χ0n) is 9.27. The van der Waals surface area contributed by atoms with Crippen LogP contribution in [0.25, 0.3) is 5.65 Å². The molecule has 2 aromatic rings. The Kier molecular flexibility index (Phi) is 2.33. The smallest absolute Gasteiger partial charge is 0.257 e. The lowest BCUT2D eigenvalue weighted by Gasteiger charge is -2.10. The number of H-pyrrole nitrogens is 1. The van der Waals surface area contributed by atoms with Gasteiger partial charge in [-0.2, -0.15) is 0 Å². The van der Waals surface area contributed by atoms with Gasteiger partial charge < -0.3 is 10.3 Å². The maximum atomic E-state index is 11.9. The first kappa shape index (κ1) is 10.3. The SMILES string of the molecule is O=c1ccn2c(=O)cc(C3CCNC3)[nH]c2c1. The first-order valence-corrected chi connectivity index (χ1v) is 5.70. The summed E-state index contributed by atoms with van der Waals surface area (Å²) in [5.74, 6) is 0.336. The first-order valence-electron chi connectivity index (χ1n) is 5.70. The van der Waals surface area contributed by atoms with Crippen LogP contribution in [0.4, 0.5) is 0 Å². The summed E-state index contributed by atoms with van der Waals surface area (Å²) < 4.78 is 1.45. The highest BCUT2D eigenvalue weighted by Crippen LogP contribution is 2.19. The van der Waals surface area contributed by atoms with Crippen molar-refractivity contribution in [3.8, 4) is 0 Å². The van der Waals surface area contributed by atoms with E-state index in [0.29, 0.717) is 11.6 Å². The Morgan fingerprint density at radius 3 is 2.94 bits per heavy atom. The number of aromatic nitrogens is 2. The van der Waals surface area contributed by atoms with Crippen LogP contribution >= 0.6 is 0 Å². The van der Waals surface area contributed by atoms with Crippen LogP contribution in [0.5, 0.6) is 0 Å². The largest absolute Gasteiger partial charge is 0.344 e. The molecule has 88 valence electrons. The molecule has 0 spiro atoms. The van der Waals surface area contributed by atoms with Gasteiger partial charge in [-0.25, -0.2) is 0 Å². The van der Waals surface area contributed by atoms with Gasteiger partial charge in [-0.1, -0.05) is 0 Å². The summed E-state index contributed by atoms with van der Waals surface area (Å²) in [5.41, 5.74) is 1.28. The molecule has 3 rings (SSSR count). The van der Waals surface area contributed by atoms with Crippen LogP contribution in [0.1, 0.15) is 18.0 Å². The molecular formula is C12H13N3O2. The van der Waals surface area contributed by atoms with Gasteiger partial charge >= 0.3 is 0 Å². The Balaban J connectivity index is 2.21. The maximum absolute atomic E-state index is 11.9. The topological polar surface area (TPSA) is 66.4 Å². The van der Waals surface area contributed by atoms with Crippen molar-refractivity contribution in [3.05, 3.63) is 50.7 Å². The average Bonchev–Trinajstić information content (AvgIpc) is 2.81. The lowest BCUT2D eigenvalue weighted by Crippen LogP contribution is -2.19. The Bertz CT molecular complexity index is 665. The van der Waals surface area contributed by atoms with E-state index in [4.69, 9.17) is 0 Å². The highest BCUT2D eigenvalue weighted by atomic mass is 16.1. The fraction of sp³-hybridized carbons (Fsp3) is 0.333. The monoisotopic (exact) mass is 231 g/mol. The number of aromatic amines is 1. The molecule has 1 unspecified atom stereocenters. The number of hydrogen-bond acceptors (Lipinski definition) is 3. The molecule has 0 radical (unpaired) electrons. The Morgan fingerprint density at radius 2 is 2.18 bits per heavy atom. The average molecular weight is 231 g/mol. The van der Waals surface area contributed by atoms with E-state index >= 15 is 0 Å². The normalized spacial score (nSPS) is 19.9. The summed E-state index contributed by atoms with van der Waals surface area (Å²) in [6, 6.07) is 4.46. The molecule has 1 aliphatic rings. The third-order valence-electron chi connectivity index (χ3n) is 3.22. The standard InChI is InChI=1S/C12H13N3O2/c16-9-2-4-15-11(5-9)14-10(6-12(15)17)8-1-3-13-7-8/h2,4-6,8,13-14H,1,3,7H2. The van der Waals surface area contributed by atoms with Crippen LogP contribution in [0, 0.1) is 0 Å².